The molecular formula is C18H12BrN3O2. The van der Waals surface area contributed by atoms with Crippen LogP contribution < -0.4 is 10.3 Å². The molecular weight excluding hydrogens is 370 g/mol. The number of H-pyrrole nitrogens is 1. The molecule has 0 atom stereocenters. The van der Waals surface area contributed by atoms with E-state index in [2.05, 4.69) is 31.0 Å². The van der Waals surface area contributed by atoms with Crippen LogP contribution in [0.5, 0.6) is 11.5 Å². The van der Waals surface area contributed by atoms with E-state index in [1.165, 1.54) is 6.07 Å². The Morgan fingerprint density at radius 3 is 2.79 bits per heavy atom. The van der Waals surface area contributed by atoms with Gasteiger partial charge in [-0.15, -0.1) is 0 Å². The molecule has 6 heteroatoms. The third-order valence-corrected chi connectivity index (χ3v) is 3.95. The predicted molar refractivity (Wildman–Crippen MR) is 94.6 cm³/mol. The van der Waals surface area contributed by atoms with Gasteiger partial charge in [0.1, 0.15) is 11.5 Å². The lowest BCUT2D eigenvalue weighted by Gasteiger charge is -2.10. The largest absolute Gasteiger partial charge is 0.458 e. The second-order valence-electron chi connectivity index (χ2n) is 5.07. The quantitative estimate of drug-likeness (QED) is 0.678. The minimum atomic E-state index is -0.224. The van der Waals surface area contributed by atoms with Crippen molar-refractivity contribution in [3.8, 4) is 11.5 Å². The molecule has 5 nitrogen and oxygen atoms in total. The molecule has 2 aromatic carbocycles. The van der Waals surface area contributed by atoms with Crippen LogP contribution in [0.1, 0.15) is 11.3 Å². The predicted octanol–water partition coefficient (Wildman–Crippen LogP) is 4.47. The fourth-order valence-electron chi connectivity index (χ4n) is 2.16. The first-order valence-corrected chi connectivity index (χ1v) is 7.92. The van der Waals surface area contributed by atoms with Crippen LogP contribution in [0.2, 0.25) is 0 Å². The van der Waals surface area contributed by atoms with Crippen LogP contribution in [0.15, 0.2) is 63.9 Å². The summed E-state index contributed by atoms with van der Waals surface area (Å²) >= 11 is 3.47. The number of benzene rings is 2. The van der Waals surface area contributed by atoms with Crippen molar-refractivity contribution in [2.45, 2.75) is 6.42 Å². The van der Waals surface area contributed by atoms with Gasteiger partial charge >= 0.3 is 0 Å². The monoisotopic (exact) mass is 381 g/mol. The number of nitrogens with one attached hydrogen (secondary N) is 1. The van der Waals surface area contributed by atoms with E-state index < -0.39 is 0 Å². The lowest BCUT2D eigenvalue weighted by atomic mass is 10.1. The summed E-state index contributed by atoms with van der Waals surface area (Å²) in [5, 5.41) is 6.43. The Labute approximate surface area is 146 Å². The number of nitrogens with zero attached hydrogens (tertiary/aromatic N) is 2. The van der Waals surface area contributed by atoms with Gasteiger partial charge in [0, 0.05) is 12.5 Å². The van der Waals surface area contributed by atoms with E-state index in [1.807, 2.05) is 18.2 Å². The van der Waals surface area contributed by atoms with E-state index in [9.17, 15) is 4.79 Å². The van der Waals surface area contributed by atoms with Crippen molar-refractivity contribution in [1.82, 2.24) is 10.2 Å². The molecule has 1 heterocycles. The Morgan fingerprint density at radius 2 is 2.04 bits per heavy atom. The highest BCUT2D eigenvalue weighted by Gasteiger charge is 2.07. The minimum Gasteiger partial charge on any atom is -0.458 e. The molecule has 118 valence electrons. The van der Waals surface area contributed by atoms with Gasteiger partial charge in [-0.25, -0.2) is 9.94 Å². The average molecular weight is 382 g/mol. The molecule has 1 N–H and O–H groups in total. The standard InChI is InChI=1S/C18H12BrN3O2/c1-20-13-3-2-4-15(11-13)24-17-10-12(5-7-16(17)19)9-14-6-8-18(23)22-21-14/h2-8,10-11H,9H2,(H,22,23). The lowest BCUT2D eigenvalue weighted by molar-refractivity contribution is 0.479. The van der Waals surface area contributed by atoms with Crippen LogP contribution in [-0.4, -0.2) is 10.2 Å². The van der Waals surface area contributed by atoms with Gasteiger partial charge in [0.25, 0.3) is 5.56 Å². The van der Waals surface area contributed by atoms with Crippen molar-refractivity contribution in [2.75, 3.05) is 0 Å². The van der Waals surface area contributed by atoms with Crippen LogP contribution in [-0.2, 0) is 6.42 Å². The SMILES string of the molecule is [C-]#[N+]c1cccc(Oc2cc(Cc3ccc(=O)[nH]n3)ccc2Br)c1. The first kappa shape index (κ1) is 16.0. The highest BCUT2D eigenvalue weighted by Crippen LogP contribution is 2.32. The summed E-state index contributed by atoms with van der Waals surface area (Å²) in [4.78, 5) is 14.5. The number of halogens is 1. The lowest BCUT2D eigenvalue weighted by Crippen LogP contribution is -2.07. The van der Waals surface area contributed by atoms with Crippen molar-refractivity contribution < 1.29 is 4.74 Å². The van der Waals surface area contributed by atoms with Gasteiger partial charge in [0.05, 0.1) is 16.7 Å². The Bertz CT molecular complexity index is 956. The molecule has 0 unspecified atom stereocenters. The zero-order valence-corrected chi connectivity index (χ0v) is 14.1. The molecule has 0 aliphatic carbocycles. The fourth-order valence-corrected chi connectivity index (χ4v) is 2.49. The van der Waals surface area contributed by atoms with Crippen molar-refractivity contribution in [1.29, 1.82) is 0 Å². The van der Waals surface area contributed by atoms with Crippen molar-refractivity contribution in [3.05, 3.63) is 92.1 Å². The minimum absolute atomic E-state index is 0.224. The van der Waals surface area contributed by atoms with E-state index >= 15 is 0 Å². The molecule has 0 saturated heterocycles. The van der Waals surface area contributed by atoms with E-state index in [-0.39, 0.29) is 5.56 Å². The Hall–Kier alpha value is -2.91. The van der Waals surface area contributed by atoms with E-state index in [0.29, 0.717) is 23.6 Å². The van der Waals surface area contributed by atoms with Crippen LogP contribution in [0.4, 0.5) is 5.69 Å². The number of aromatic amines is 1. The second kappa shape index (κ2) is 7.11. The average Bonchev–Trinajstić information content (AvgIpc) is 2.60. The molecule has 0 bridgehead atoms. The fraction of sp³-hybridized carbons (Fsp3) is 0.0556. The van der Waals surface area contributed by atoms with Gasteiger partial charge in [-0.05, 0) is 51.8 Å². The molecule has 24 heavy (non-hydrogen) atoms. The van der Waals surface area contributed by atoms with Crippen LogP contribution in [0.3, 0.4) is 0 Å². The van der Waals surface area contributed by atoms with E-state index in [0.717, 1.165) is 15.7 Å². The molecule has 0 amide bonds. The van der Waals surface area contributed by atoms with Crippen LogP contribution >= 0.6 is 15.9 Å². The molecule has 1 aromatic heterocycles. The van der Waals surface area contributed by atoms with Gasteiger partial charge in [-0.2, -0.15) is 5.10 Å². The molecule has 0 spiro atoms. The van der Waals surface area contributed by atoms with Gasteiger partial charge in [-0.1, -0.05) is 18.2 Å². The first-order chi connectivity index (χ1) is 11.6. The van der Waals surface area contributed by atoms with Gasteiger partial charge in [0.15, 0.2) is 5.69 Å². The first-order valence-electron chi connectivity index (χ1n) is 7.12. The summed E-state index contributed by atoms with van der Waals surface area (Å²) in [5.41, 5.74) is 2.06. The number of hydrogen-bond acceptors (Lipinski definition) is 3. The number of ether oxygens (including phenoxy) is 1. The number of rotatable bonds is 4. The normalized spacial score (nSPS) is 10.2. The molecule has 0 aliphatic heterocycles. The van der Waals surface area contributed by atoms with Crippen LogP contribution in [0, 0.1) is 6.57 Å². The smallest absolute Gasteiger partial charge is 0.264 e. The number of aromatic nitrogens is 2. The zero-order valence-electron chi connectivity index (χ0n) is 12.5. The third kappa shape index (κ3) is 3.89. The molecule has 3 rings (SSSR count). The highest BCUT2D eigenvalue weighted by atomic mass is 79.9. The molecule has 0 radical (unpaired) electrons. The summed E-state index contributed by atoms with van der Waals surface area (Å²) in [6, 6.07) is 15.9. The van der Waals surface area contributed by atoms with Gasteiger partial charge in [-0.3, -0.25) is 4.79 Å². The highest BCUT2D eigenvalue weighted by molar-refractivity contribution is 9.10. The number of hydrogen-bond donors (Lipinski definition) is 1. The van der Waals surface area contributed by atoms with Crippen molar-refractivity contribution in [3.63, 3.8) is 0 Å². The summed E-state index contributed by atoms with van der Waals surface area (Å²) in [6.45, 7) is 7.06. The van der Waals surface area contributed by atoms with E-state index in [4.69, 9.17) is 11.3 Å². The topological polar surface area (TPSA) is 59.3 Å². The molecule has 0 fully saturated rings. The zero-order chi connectivity index (χ0) is 16.9. The van der Waals surface area contributed by atoms with Gasteiger partial charge in [0.2, 0.25) is 0 Å². The maximum Gasteiger partial charge on any atom is 0.264 e. The van der Waals surface area contributed by atoms with Crippen LogP contribution in [0.25, 0.3) is 4.85 Å². The Kier molecular flexibility index (Phi) is 4.73. The van der Waals surface area contributed by atoms with Gasteiger partial charge < -0.3 is 4.74 Å². The maximum atomic E-state index is 11.1. The Morgan fingerprint density at radius 1 is 1.17 bits per heavy atom. The molecule has 0 saturated carbocycles. The van der Waals surface area contributed by atoms with Crippen molar-refractivity contribution >= 4 is 21.6 Å². The molecule has 0 aliphatic rings. The maximum absolute atomic E-state index is 11.1. The molecule has 3 aromatic rings. The Balaban J connectivity index is 1.84. The summed E-state index contributed by atoms with van der Waals surface area (Å²) in [5.74, 6) is 1.25. The summed E-state index contributed by atoms with van der Waals surface area (Å²) in [7, 11) is 0. The van der Waals surface area contributed by atoms with E-state index in [1.54, 1.807) is 30.3 Å². The third-order valence-electron chi connectivity index (χ3n) is 3.29. The van der Waals surface area contributed by atoms with Crippen molar-refractivity contribution in [2.24, 2.45) is 0 Å². The summed E-state index contributed by atoms with van der Waals surface area (Å²) in [6.07, 6.45) is 0.572. The second-order valence-corrected chi connectivity index (χ2v) is 5.92. The summed E-state index contributed by atoms with van der Waals surface area (Å²) < 4.78 is 6.69.